The summed E-state index contributed by atoms with van der Waals surface area (Å²) in [5.41, 5.74) is 3.82. The average molecular weight is 1550 g/mol. The maximum absolute atomic E-state index is 16.0. The molecule has 28 nitrogen and oxygen atoms in total. The summed E-state index contributed by atoms with van der Waals surface area (Å²) in [7, 11) is 0. The zero-order valence-corrected chi connectivity index (χ0v) is 61.6. The Hall–Kier alpha value is -10.9. The van der Waals surface area contributed by atoms with Gasteiger partial charge in [-0.25, -0.2) is 14.4 Å². The summed E-state index contributed by atoms with van der Waals surface area (Å²) in [4.78, 5) is 172. The number of benzene rings is 5. The van der Waals surface area contributed by atoms with Crippen LogP contribution in [0.2, 0.25) is 0 Å². The highest BCUT2D eigenvalue weighted by Gasteiger charge is 2.78. The van der Waals surface area contributed by atoms with Crippen LogP contribution in [-0.2, 0) is 89.2 Å². The summed E-state index contributed by atoms with van der Waals surface area (Å²) in [5, 5.41) is 44.7. The molecule has 9 rings (SSSR count). The summed E-state index contributed by atoms with van der Waals surface area (Å²) in [6.07, 6.45) is -18.1. The van der Waals surface area contributed by atoms with Crippen molar-refractivity contribution in [2.45, 2.75) is 171 Å². The highest BCUT2D eigenvalue weighted by molar-refractivity contribution is 6.28. The van der Waals surface area contributed by atoms with E-state index in [1.165, 1.54) is 64.1 Å². The molecule has 1 saturated heterocycles. The zero-order chi connectivity index (χ0) is 80.6. The Morgan fingerprint density at radius 3 is 1.72 bits per heavy atom. The van der Waals surface area contributed by atoms with E-state index >= 15 is 9.59 Å². The number of carbonyl (C=O) groups is 12. The number of aliphatic imine (C=N–C) groups is 1. The van der Waals surface area contributed by atoms with E-state index < -0.39 is 198 Å². The Morgan fingerprint density at radius 1 is 0.700 bits per heavy atom. The van der Waals surface area contributed by atoms with Crippen molar-refractivity contribution in [2.24, 2.45) is 33.2 Å². The van der Waals surface area contributed by atoms with Gasteiger partial charge in [-0.2, -0.15) is 13.2 Å². The number of aliphatic hydroxyl groups is 2. The lowest BCUT2D eigenvalue weighted by molar-refractivity contribution is -0.346. The SMILES string of the molecule is CC(=O)O[C@H]1C(=O)[C@@]2(C)[C@H]([C@H](OC(=O)c3ccccc3)[C@]3(O)CC(OC(=O)[C@H](OC(=O)CCC(=O)N[C@@H](Cc4ccccc4)C(=O)N[C@@H](Cc4ccccc4)C(=O)N[C@@H](CCCN=C(N)N)C(=O)CCl)[C@@H](NC(=O)c4ccccc4)c4ccccc4)C(C)=C1C3(C)C)[C@]1(OC(C)=O)CO[C@@H]1C[C@@H]2O.O=C(O)C(F)(F)F. The van der Waals surface area contributed by atoms with Crippen LogP contribution in [0.3, 0.4) is 0 Å². The number of amides is 4. The van der Waals surface area contributed by atoms with E-state index in [-0.39, 0.29) is 72.4 Å². The van der Waals surface area contributed by atoms with Crippen molar-refractivity contribution in [2.75, 3.05) is 19.0 Å². The number of nitrogens with one attached hydrogen (secondary N) is 4. The Balaban J connectivity index is 0.00000207. The molecule has 5 aromatic rings. The first-order valence-electron chi connectivity index (χ1n) is 35.1. The third-order valence-electron chi connectivity index (χ3n) is 20.1. The summed E-state index contributed by atoms with van der Waals surface area (Å²) in [5.74, 6) is -15.2. The number of esters is 5. The lowest BCUT2D eigenvalue weighted by Gasteiger charge is -2.67. The fourth-order valence-corrected chi connectivity index (χ4v) is 14.7. The van der Waals surface area contributed by atoms with Crippen molar-refractivity contribution in [3.8, 4) is 0 Å². The van der Waals surface area contributed by atoms with Gasteiger partial charge in [-0.15, -0.1) is 11.6 Å². The van der Waals surface area contributed by atoms with Crippen LogP contribution in [0, 0.1) is 16.7 Å². The largest absolute Gasteiger partial charge is 0.490 e. The predicted octanol–water partition coefficient (Wildman–Crippen LogP) is 5.50. The molecule has 5 aromatic carbocycles. The van der Waals surface area contributed by atoms with E-state index in [1.54, 1.807) is 115 Å². The van der Waals surface area contributed by atoms with Crippen LogP contribution in [0.1, 0.15) is 124 Å². The number of halogens is 4. The third kappa shape index (κ3) is 19.9. The standard InChI is InChI=1S/C76H86ClN7O19.C2HF3O2/c1-43-55(40-76(97)66(102-70(95)50-31-20-11-21-32-50)64-74(6,56(88)39-57-75(64,42-98-57)103-45(3)86)65(91)62(99-44(2)85)60(43)73(76,4)5)100-71(96)63(61(48-27-16-9-17-28-48)84-67(92)49-29-18-10-19-30-49)101-59(90)35-34-58(89)81-52(37-46-23-12-7-13-24-46)68(93)83-53(38-47-25-14-8-15-26-47)69(94)82-51(54(87)41-77)33-22-36-80-72(78)79;3-2(4,5)1(6)7/h7-21,23-32,51-53,55-57,61-64,66,88,97H,22,33-42H2,1-6H3,(H,81,89)(H,82,94)(H,83,93)(H,84,92)(H4,78,79,80);(H,6,7)/t51-,52-,53-,55?,56-,57+,61-,62+,63+,64-,66-,74+,75-,76+;/m0./s1. The maximum atomic E-state index is 16.0. The number of guanidine groups is 1. The lowest BCUT2D eigenvalue weighted by Crippen LogP contribution is -2.82. The Kier molecular flexibility index (Phi) is 28.2. The van der Waals surface area contributed by atoms with Gasteiger partial charge in [0.1, 0.15) is 42.0 Å². The van der Waals surface area contributed by atoms with Gasteiger partial charge in [0, 0.05) is 63.5 Å². The minimum absolute atomic E-state index is 0.0158. The van der Waals surface area contributed by atoms with E-state index in [0.29, 0.717) is 11.1 Å². The van der Waals surface area contributed by atoms with Gasteiger partial charge in [0.05, 0.1) is 47.9 Å². The molecule has 4 aliphatic rings. The highest BCUT2D eigenvalue weighted by Crippen LogP contribution is 2.64. The second-order valence-corrected chi connectivity index (χ2v) is 28.1. The highest BCUT2D eigenvalue weighted by atomic mass is 35.5. The quantitative estimate of drug-likeness (QED) is 0.00542. The van der Waals surface area contributed by atoms with Gasteiger partial charge in [0.25, 0.3) is 5.91 Å². The van der Waals surface area contributed by atoms with Crippen LogP contribution in [-0.4, -0.2) is 183 Å². The first-order chi connectivity index (χ1) is 52.0. The second-order valence-electron chi connectivity index (χ2n) is 27.8. The molecule has 1 unspecified atom stereocenters. The van der Waals surface area contributed by atoms with Gasteiger partial charge in [0.15, 0.2) is 29.2 Å². The van der Waals surface area contributed by atoms with Crippen molar-refractivity contribution in [3.05, 3.63) is 191 Å². The number of carboxylic acid groups (broad SMARTS) is 1. The number of nitrogens with two attached hydrogens (primary N) is 2. The number of nitrogens with zero attached hydrogens (tertiary/aromatic N) is 1. The van der Waals surface area contributed by atoms with Crippen LogP contribution in [0.4, 0.5) is 13.2 Å². The van der Waals surface area contributed by atoms with Gasteiger partial charge in [-0.1, -0.05) is 141 Å². The van der Waals surface area contributed by atoms with E-state index in [2.05, 4.69) is 26.3 Å². The maximum Gasteiger partial charge on any atom is 0.490 e. The number of alkyl halides is 4. The summed E-state index contributed by atoms with van der Waals surface area (Å²) >= 11 is 5.98. The molecule has 0 spiro atoms. The molecule has 3 fully saturated rings. The first kappa shape index (κ1) is 84.7. The van der Waals surface area contributed by atoms with Crippen molar-refractivity contribution < 1.29 is 114 Å². The molecule has 110 heavy (non-hydrogen) atoms. The number of rotatable bonds is 29. The third-order valence-corrected chi connectivity index (χ3v) is 20.4. The van der Waals surface area contributed by atoms with Crippen LogP contribution in [0.5, 0.6) is 0 Å². The smallest absolute Gasteiger partial charge is 0.475 e. The number of aliphatic carboxylic acids is 1. The van der Waals surface area contributed by atoms with Gasteiger partial charge >= 0.3 is 42.0 Å². The Bertz CT molecular complexity index is 4250. The summed E-state index contributed by atoms with van der Waals surface area (Å²) in [6, 6.07) is 35.2. The van der Waals surface area contributed by atoms with Crippen molar-refractivity contribution >= 4 is 88.6 Å². The van der Waals surface area contributed by atoms with Crippen LogP contribution in [0.15, 0.2) is 168 Å². The number of carboxylic acids is 1. The topological polar surface area (TPSA) is 433 Å². The molecular weight excluding hydrogens is 1460 g/mol. The van der Waals surface area contributed by atoms with Crippen molar-refractivity contribution in [1.82, 2.24) is 21.3 Å². The number of ketones is 2. The number of carbonyl (C=O) groups excluding carboxylic acids is 11. The molecule has 3 aliphatic carbocycles. The summed E-state index contributed by atoms with van der Waals surface area (Å²) in [6.45, 7) is 7.69. The number of Topliss-reactive ketones (excluding diaryl/α,β-unsaturated/α-hetero) is 2. The number of hydrogen-bond donors (Lipinski definition) is 9. The second kappa shape index (κ2) is 36.5. The number of hydrogen-bond acceptors (Lipinski definition) is 21. The minimum atomic E-state index is -5.08. The molecule has 2 saturated carbocycles. The summed E-state index contributed by atoms with van der Waals surface area (Å²) < 4.78 is 69.0. The fourth-order valence-electron chi connectivity index (χ4n) is 14.5. The molecule has 4 amide bonds. The van der Waals surface area contributed by atoms with Crippen LogP contribution in [0.25, 0.3) is 0 Å². The molecule has 0 aromatic heterocycles. The molecule has 588 valence electrons. The molecule has 2 bridgehead atoms. The van der Waals surface area contributed by atoms with Crippen molar-refractivity contribution in [1.29, 1.82) is 0 Å². The lowest BCUT2D eigenvalue weighted by atomic mass is 9.44. The van der Waals surface area contributed by atoms with E-state index in [4.69, 9.17) is 61.4 Å². The molecule has 1 aliphatic heterocycles. The van der Waals surface area contributed by atoms with Crippen LogP contribution < -0.4 is 32.7 Å². The molecule has 32 heteroatoms. The number of fused-ring (bicyclic) bond motifs is 5. The van der Waals surface area contributed by atoms with Gasteiger partial charge < -0.3 is 76.5 Å². The molecule has 1 heterocycles. The van der Waals surface area contributed by atoms with E-state index in [1.807, 2.05) is 0 Å². The first-order valence-corrected chi connectivity index (χ1v) is 35.6. The average Bonchev–Trinajstić information content (AvgIpc) is 0.668. The molecule has 11 N–H and O–H groups in total. The van der Waals surface area contributed by atoms with E-state index in [0.717, 1.165) is 13.8 Å². The van der Waals surface area contributed by atoms with Gasteiger partial charge in [-0.05, 0) is 78.8 Å². The van der Waals surface area contributed by atoms with Gasteiger partial charge in [0.2, 0.25) is 23.8 Å². The minimum Gasteiger partial charge on any atom is -0.475 e. The zero-order valence-electron chi connectivity index (χ0n) is 60.9. The van der Waals surface area contributed by atoms with Gasteiger partial charge in [-0.3, -0.25) is 48.1 Å². The fraction of sp³-hybridized carbons (Fsp3) is 0.423. The number of aliphatic hydroxyl groups excluding tert-OH is 1. The predicted molar refractivity (Wildman–Crippen MR) is 386 cm³/mol. The number of ether oxygens (including phenoxy) is 6. The Morgan fingerprint density at radius 2 is 1.22 bits per heavy atom. The van der Waals surface area contributed by atoms with Crippen molar-refractivity contribution in [3.63, 3.8) is 0 Å². The van der Waals surface area contributed by atoms with E-state index in [9.17, 15) is 66.5 Å². The van der Waals surface area contributed by atoms with Crippen LogP contribution >= 0.6 is 11.6 Å². The molecule has 0 radical (unpaired) electrons. The monoisotopic (exact) mass is 1550 g/mol. The normalized spacial score (nSPS) is 23.5. The molecule has 14 atom stereocenters. The molecular formula is C78H87ClF3N7O21. The Labute approximate surface area is 635 Å².